The molecule has 0 bridgehead atoms. The highest BCUT2D eigenvalue weighted by atomic mass is 35.5. The molecule has 3 amide bonds. The van der Waals surface area contributed by atoms with Gasteiger partial charge >= 0.3 is 6.03 Å². The Morgan fingerprint density at radius 3 is 2.64 bits per heavy atom. The highest BCUT2D eigenvalue weighted by Gasteiger charge is 2.50. The fourth-order valence-corrected chi connectivity index (χ4v) is 4.06. The smallest absolute Gasteiger partial charge is 0.312 e. The average molecular weight is 388 g/mol. The fourth-order valence-electron chi connectivity index (χ4n) is 3.18. The molecule has 0 aliphatic carbocycles. The summed E-state index contributed by atoms with van der Waals surface area (Å²) in [6, 6.07) is 0.461. The van der Waals surface area contributed by atoms with Crippen molar-refractivity contribution in [3.63, 3.8) is 0 Å². The quantitative estimate of drug-likeness (QED) is 0.577. The molecule has 1 aromatic rings. The lowest BCUT2D eigenvalue weighted by Gasteiger charge is -2.31. The van der Waals surface area contributed by atoms with Crippen LogP contribution in [0.4, 0.5) is 10.6 Å². The fraction of sp³-hybridized carbons (Fsp3) is 0.533. The van der Waals surface area contributed by atoms with E-state index in [9.17, 15) is 18.0 Å². The molecule has 2 fully saturated rings. The van der Waals surface area contributed by atoms with Crippen LogP contribution in [-0.4, -0.2) is 55.2 Å². The molecule has 2 atom stereocenters. The minimum atomic E-state index is -3.62. The Bertz CT molecular complexity index is 857. The van der Waals surface area contributed by atoms with Gasteiger partial charge < -0.3 is 4.90 Å². The number of imide groups is 1. The second-order valence-corrected chi connectivity index (χ2v) is 8.32. The first-order chi connectivity index (χ1) is 11.6. The topological polar surface area (TPSA) is 96.9 Å². The molecule has 0 radical (unpaired) electrons. The number of halogens is 1. The molecule has 25 heavy (non-hydrogen) atoms. The van der Waals surface area contributed by atoms with Gasteiger partial charge in [0, 0.05) is 13.0 Å². The lowest BCUT2D eigenvalue weighted by molar-refractivity contribution is -0.121. The van der Waals surface area contributed by atoms with E-state index in [1.165, 1.54) is 4.90 Å². The molecule has 2 unspecified atom stereocenters. The van der Waals surface area contributed by atoms with E-state index in [2.05, 4.69) is 4.98 Å². The standard InChI is InChI=1S/C15H18ClN3O5S/c1-8-6-11(16)9(2)17-13(8)19-14(20)12-7-10(24-25(3,22)23)4-5-18(12)15(19)21/h6,10,12H,4-5,7H2,1-3H3. The van der Waals surface area contributed by atoms with Crippen LogP contribution >= 0.6 is 11.6 Å². The lowest BCUT2D eigenvalue weighted by Crippen LogP contribution is -2.45. The Kier molecular flexibility index (Phi) is 4.50. The van der Waals surface area contributed by atoms with Crippen molar-refractivity contribution >= 4 is 39.5 Å². The Balaban J connectivity index is 1.90. The van der Waals surface area contributed by atoms with Gasteiger partial charge in [0.15, 0.2) is 0 Å². The van der Waals surface area contributed by atoms with E-state index in [1.54, 1.807) is 19.9 Å². The monoisotopic (exact) mass is 387 g/mol. The van der Waals surface area contributed by atoms with Crippen molar-refractivity contribution < 1.29 is 22.2 Å². The molecule has 2 aliphatic heterocycles. The first-order valence-electron chi connectivity index (χ1n) is 7.75. The van der Waals surface area contributed by atoms with Crippen LogP contribution in [0.5, 0.6) is 0 Å². The number of piperidine rings is 1. The Morgan fingerprint density at radius 2 is 2.00 bits per heavy atom. The Hall–Kier alpha value is -1.71. The van der Waals surface area contributed by atoms with Crippen molar-refractivity contribution in [2.75, 3.05) is 17.7 Å². The molecule has 10 heteroatoms. The van der Waals surface area contributed by atoms with Gasteiger partial charge in [-0.1, -0.05) is 11.6 Å². The van der Waals surface area contributed by atoms with Crippen LogP contribution in [-0.2, 0) is 19.1 Å². The third kappa shape index (κ3) is 3.36. The summed E-state index contributed by atoms with van der Waals surface area (Å²) in [6.07, 6.45) is 0.841. The Labute approximate surface area is 150 Å². The molecule has 3 rings (SSSR count). The van der Waals surface area contributed by atoms with Crippen LogP contribution in [0, 0.1) is 13.8 Å². The van der Waals surface area contributed by atoms with Crippen LogP contribution < -0.4 is 4.90 Å². The summed E-state index contributed by atoms with van der Waals surface area (Å²) >= 11 is 6.03. The maximum Gasteiger partial charge on any atom is 0.333 e. The number of urea groups is 1. The Morgan fingerprint density at radius 1 is 1.32 bits per heavy atom. The number of hydrogen-bond donors (Lipinski definition) is 0. The number of aromatic nitrogens is 1. The van der Waals surface area contributed by atoms with Crippen molar-refractivity contribution in [1.82, 2.24) is 9.88 Å². The van der Waals surface area contributed by atoms with Crippen LogP contribution in [0.1, 0.15) is 24.1 Å². The molecule has 0 N–H and O–H groups in total. The highest BCUT2D eigenvalue weighted by Crippen LogP contribution is 2.33. The van der Waals surface area contributed by atoms with Crippen molar-refractivity contribution in [3.05, 3.63) is 22.3 Å². The molecule has 1 aromatic heterocycles. The molecule has 0 aromatic carbocycles. The number of amides is 3. The van der Waals surface area contributed by atoms with Gasteiger partial charge in [-0.05, 0) is 31.9 Å². The number of pyridine rings is 1. The number of carbonyl (C=O) groups excluding carboxylic acids is 2. The molecular formula is C15H18ClN3O5S. The van der Waals surface area contributed by atoms with Crippen molar-refractivity contribution in [2.45, 2.75) is 38.8 Å². The molecule has 2 saturated heterocycles. The van der Waals surface area contributed by atoms with Crippen molar-refractivity contribution in [2.24, 2.45) is 0 Å². The summed E-state index contributed by atoms with van der Waals surface area (Å²) in [5.74, 6) is -0.170. The highest BCUT2D eigenvalue weighted by molar-refractivity contribution is 7.86. The summed E-state index contributed by atoms with van der Waals surface area (Å²) < 4.78 is 27.6. The van der Waals surface area contributed by atoms with Gasteiger partial charge in [-0.15, -0.1) is 0 Å². The van der Waals surface area contributed by atoms with Gasteiger partial charge in [-0.3, -0.25) is 8.98 Å². The summed E-state index contributed by atoms with van der Waals surface area (Å²) in [5, 5.41) is 0.458. The maximum absolute atomic E-state index is 12.8. The first-order valence-corrected chi connectivity index (χ1v) is 9.94. The second-order valence-electron chi connectivity index (χ2n) is 6.31. The van der Waals surface area contributed by atoms with E-state index in [-0.39, 0.29) is 18.8 Å². The van der Waals surface area contributed by atoms with E-state index in [4.69, 9.17) is 15.8 Å². The number of fused-ring (bicyclic) bond motifs is 1. The number of hydrogen-bond acceptors (Lipinski definition) is 6. The summed E-state index contributed by atoms with van der Waals surface area (Å²) in [5.41, 5.74) is 1.13. The number of carbonyl (C=O) groups is 2. The van der Waals surface area contributed by atoms with Gasteiger partial charge in [0.1, 0.15) is 11.9 Å². The van der Waals surface area contributed by atoms with Crippen molar-refractivity contribution in [1.29, 1.82) is 0 Å². The molecule has 0 saturated carbocycles. The van der Waals surface area contributed by atoms with Crippen LogP contribution in [0.3, 0.4) is 0 Å². The summed E-state index contributed by atoms with van der Waals surface area (Å²) in [4.78, 5) is 32.3. The molecule has 3 heterocycles. The molecule has 8 nitrogen and oxygen atoms in total. The lowest BCUT2D eigenvalue weighted by atomic mass is 10.0. The third-order valence-electron chi connectivity index (χ3n) is 4.33. The number of nitrogens with zero attached hydrogens (tertiary/aromatic N) is 3. The maximum atomic E-state index is 12.8. The van der Waals surface area contributed by atoms with Crippen molar-refractivity contribution in [3.8, 4) is 0 Å². The van der Waals surface area contributed by atoms with Gasteiger partial charge in [-0.25, -0.2) is 14.7 Å². The van der Waals surface area contributed by atoms with Crippen LogP contribution in [0.25, 0.3) is 0 Å². The van der Waals surface area contributed by atoms with E-state index < -0.39 is 34.2 Å². The zero-order chi connectivity index (χ0) is 18.5. The van der Waals surface area contributed by atoms with Gasteiger partial charge in [-0.2, -0.15) is 8.42 Å². The van der Waals surface area contributed by atoms with E-state index in [1.807, 2.05) is 0 Å². The predicted octanol–water partition coefficient (Wildman–Crippen LogP) is 1.63. The van der Waals surface area contributed by atoms with E-state index >= 15 is 0 Å². The van der Waals surface area contributed by atoms with Crippen LogP contribution in [0.2, 0.25) is 5.02 Å². The van der Waals surface area contributed by atoms with Gasteiger partial charge in [0.25, 0.3) is 16.0 Å². The van der Waals surface area contributed by atoms with Gasteiger partial charge in [0.05, 0.1) is 23.1 Å². The molecular weight excluding hydrogens is 370 g/mol. The number of anilines is 1. The van der Waals surface area contributed by atoms with E-state index in [0.29, 0.717) is 22.7 Å². The zero-order valence-corrected chi connectivity index (χ0v) is 15.6. The van der Waals surface area contributed by atoms with Gasteiger partial charge in [0.2, 0.25) is 0 Å². The first kappa shape index (κ1) is 18.1. The zero-order valence-electron chi connectivity index (χ0n) is 14.0. The summed E-state index contributed by atoms with van der Waals surface area (Å²) in [7, 11) is -3.62. The largest absolute Gasteiger partial charge is 0.333 e. The average Bonchev–Trinajstić information content (AvgIpc) is 2.73. The normalized spacial score (nSPS) is 24.0. The summed E-state index contributed by atoms with van der Waals surface area (Å²) in [6.45, 7) is 3.66. The molecule has 2 aliphatic rings. The second kappa shape index (κ2) is 6.22. The minimum Gasteiger partial charge on any atom is -0.312 e. The third-order valence-corrected chi connectivity index (χ3v) is 5.34. The van der Waals surface area contributed by atoms with Crippen LogP contribution in [0.15, 0.2) is 6.07 Å². The molecule has 0 spiro atoms. The SMILES string of the molecule is Cc1cc(Cl)c(C)nc1N1C(=O)C2CC(OS(C)(=O)=O)CCN2C1=O. The van der Waals surface area contributed by atoms with E-state index in [0.717, 1.165) is 11.2 Å². The minimum absolute atomic E-state index is 0.139. The number of rotatable bonds is 3. The number of aryl methyl sites for hydroxylation is 2. The molecule has 136 valence electrons. The predicted molar refractivity (Wildman–Crippen MR) is 91.0 cm³/mol.